The van der Waals surface area contributed by atoms with Crippen molar-refractivity contribution in [2.75, 3.05) is 5.32 Å². The normalized spacial score (nSPS) is 22.1. The largest absolute Gasteiger partial charge is 0.490 e. The summed E-state index contributed by atoms with van der Waals surface area (Å²) in [4.78, 5) is 70.8. The molecule has 2 aliphatic carbocycles. The molecule has 2 aliphatic heterocycles. The Morgan fingerprint density at radius 3 is 2.09 bits per heavy atom. The lowest BCUT2D eigenvalue weighted by Gasteiger charge is -2.39. The number of benzene rings is 3. The highest BCUT2D eigenvalue weighted by Gasteiger charge is 2.45. The first kappa shape index (κ1) is 34.2. The lowest BCUT2D eigenvalue weighted by Crippen LogP contribution is -2.54. The minimum absolute atomic E-state index is 0.0410. The first-order chi connectivity index (χ1) is 25.7. The van der Waals surface area contributed by atoms with E-state index in [4.69, 9.17) is 9.47 Å². The summed E-state index contributed by atoms with van der Waals surface area (Å²) < 4.78 is 12.3. The molecule has 270 valence electrons. The van der Waals surface area contributed by atoms with Gasteiger partial charge in [-0.3, -0.25) is 34.2 Å². The summed E-state index contributed by atoms with van der Waals surface area (Å²) in [6, 6.07) is 20.9. The molecule has 12 nitrogen and oxygen atoms in total. The Morgan fingerprint density at radius 1 is 0.811 bits per heavy atom. The van der Waals surface area contributed by atoms with Crippen LogP contribution in [0, 0.1) is 0 Å². The zero-order chi connectivity index (χ0) is 36.7. The number of nitrogens with one attached hydrogen (secondary N) is 2. The Labute approximate surface area is 306 Å². The molecule has 53 heavy (non-hydrogen) atoms. The second-order valence-electron chi connectivity index (χ2n) is 14.4. The van der Waals surface area contributed by atoms with Gasteiger partial charge in [0, 0.05) is 43.3 Å². The highest BCUT2D eigenvalue weighted by molar-refractivity contribution is 6.23. The van der Waals surface area contributed by atoms with Crippen molar-refractivity contribution < 1.29 is 33.4 Å². The Bertz CT molecular complexity index is 2090. The Morgan fingerprint density at radius 2 is 1.45 bits per heavy atom. The third-order valence-electron chi connectivity index (χ3n) is 10.9. The molecule has 0 spiro atoms. The molecule has 8 rings (SSSR count). The molecule has 4 aromatic rings. The Hall–Kier alpha value is -5.91. The van der Waals surface area contributed by atoms with Crippen LogP contribution < -0.4 is 20.1 Å². The molecule has 3 fully saturated rings. The number of hydrogen-bond donors (Lipinski definition) is 2. The fourth-order valence-electron chi connectivity index (χ4n) is 8.05. The van der Waals surface area contributed by atoms with Gasteiger partial charge in [0.25, 0.3) is 11.8 Å². The minimum Gasteiger partial charge on any atom is -0.490 e. The average Bonchev–Trinajstić information content (AvgIpc) is 3.39. The van der Waals surface area contributed by atoms with Gasteiger partial charge in [-0.2, -0.15) is 0 Å². The van der Waals surface area contributed by atoms with Gasteiger partial charge in [0.05, 0.1) is 23.5 Å². The second-order valence-corrected chi connectivity index (χ2v) is 14.4. The van der Waals surface area contributed by atoms with Gasteiger partial charge in [-0.05, 0) is 72.9 Å². The summed E-state index contributed by atoms with van der Waals surface area (Å²) >= 11 is 0. The van der Waals surface area contributed by atoms with Crippen molar-refractivity contribution in [2.24, 2.45) is 0 Å². The van der Waals surface area contributed by atoms with E-state index in [0.717, 1.165) is 54.9 Å². The first-order valence-corrected chi connectivity index (χ1v) is 18.2. The lowest BCUT2D eigenvalue weighted by molar-refractivity contribution is -0.136. The number of hydrogen-bond acceptors (Lipinski definition) is 10. The molecule has 1 atom stereocenters. The minimum atomic E-state index is -0.989. The van der Waals surface area contributed by atoms with Crippen LogP contribution in [0.1, 0.15) is 107 Å². The number of carbonyl (C=O) groups is 5. The van der Waals surface area contributed by atoms with Crippen LogP contribution in [0.15, 0.2) is 79.1 Å². The molecule has 3 aromatic carbocycles. The smallest absolute Gasteiger partial charge is 0.262 e. The molecular weight excluding hydrogens is 674 g/mol. The number of carbonyl (C=O) groups excluding carboxylic acids is 5. The predicted molar refractivity (Wildman–Crippen MR) is 193 cm³/mol. The van der Waals surface area contributed by atoms with Gasteiger partial charge in [-0.1, -0.05) is 43.5 Å². The number of nitrogens with zero attached hydrogens (tertiary/aromatic N) is 3. The van der Waals surface area contributed by atoms with Crippen LogP contribution in [-0.4, -0.2) is 62.5 Å². The maximum absolute atomic E-state index is 13.2. The van der Waals surface area contributed by atoms with Crippen molar-refractivity contribution in [2.45, 2.75) is 88.3 Å². The van der Waals surface area contributed by atoms with E-state index in [9.17, 15) is 24.0 Å². The van der Waals surface area contributed by atoms with Crippen LogP contribution in [0.3, 0.4) is 0 Å². The maximum atomic E-state index is 13.2. The van der Waals surface area contributed by atoms with E-state index in [0.29, 0.717) is 11.5 Å². The van der Waals surface area contributed by atoms with E-state index < -0.39 is 29.7 Å². The van der Waals surface area contributed by atoms with Crippen LogP contribution in [0.25, 0.3) is 0 Å². The number of aromatic nitrogens is 2. The third kappa shape index (κ3) is 6.65. The van der Waals surface area contributed by atoms with Gasteiger partial charge < -0.3 is 14.8 Å². The number of amides is 4. The number of ether oxygens (including phenoxy) is 2. The summed E-state index contributed by atoms with van der Waals surface area (Å²) in [6.07, 6.45) is 10.4. The fourth-order valence-corrected chi connectivity index (χ4v) is 8.05. The molecule has 0 bridgehead atoms. The van der Waals surface area contributed by atoms with E-state index in [2.05, 4.69) is 57.0 Å². The van der Waals surface area contributed by atoms with Crippen molar-refractivity contribution in [1.29, 1.82) is 0 Å². The van der Waals surface area contributed by atoms with Crippen molar-refractivity contribution in [3.63, 3.8) is 0 Å². The summed E-state index contributed by atoms with van der Waals surface area (Å²) in [5.41, 5.74) is 3.64. The monoisotopic (exact) mass is 713 g/mol. The SMILES string of the molecule is CC(=O)c1ncc(Oc2ccc(C3(c4ccc(O[C@H]5C[C@H](Nc6ccc7c(c6)C(=O)N(C6CCC(=O)NC6=O)C7=O)C5)cc4)CCCCC3)cc2)cn1. The lowest BCUT2D eigenvalue weighted by atomic mass is 9.65. The number of rotatable bonds is 10. The van der Waals surface area contributed by atoms with Crippen molar-refractivity contribution in [1.82, 2.24) is 20.2 Å². The molecule has 3 heterocycles. The molecule has 4 aliphatic rings. The third-order valence-corrected chi connectivity index (χ3v) is 10.9. The first-order valence-electron chi connectivity index (χ1n) is 18.2. The molecule has 2 saturated carbocycles. The number of Topliss-reactive ketones (excluding diaryl/α,β-unsaturated/α-hetero) is 1. The molecule has 1 aromatic heterocycles. The van der Waals surface area contributed by atoms with E-state index >= 15 is 0 Å². The van der Waals surface area contributed by atoms with E-state index in [1.165, 1.54) is 36.9 Å². The molecule has 4 amide bonds. The molecule has 2 N–H and O–H groups in total. The van der Waals surface area contributed by atoms with E-state index in [-0.39, 0.29) is 53.1 Å². The topological polar surface area (TPSA) is 157 Å². The van der Waals surface area contributed by atoms with Gasteiger partial charge >= 0.3 is 0 Å². The zero-order valence-electron chi connectivity index (χ0n) is 29.3. The molecular formula is C41H39N5O7. The quantitative estimate of drug-likeness (QED) is 0.144. The number of imide groups is 2. The molecule has 1 unspecified atom stereocenters. The highest BCUT2D eigenvalue weighted by atomic mass is 16.5. The zero-order valence-corrected chi connectivity index (χ0v) is 29.3. The van der Waals surface area contributed by atoms with Gasteiger partial charge in [0.15, 0.2) is 17.4 Å². The maximum Gasteiger partial charge on any atom is 0.262 e. The number of fused-ring (bicyclic) bond motifs is 1. The van der Waals surface area contributed by atoms with Crippen LogP contribution in [0.5, 0.6) is 17.2 Å². The summed E-state index contributed by atoms with van der Waals surface area (Å²) in [6.45, 7) is 1.43. The van der Waals surface area contributed by atoms with E-state index in [1.54, 1.807) is 18.2 Å². The summed E-state index contributed by atoms with van der Waals surface area (Å²) in [5.74, 6) is -0.136. The van der Waals surface area contributed by atoms with Gasteiger partial charge in [0.1, 0.15) is 23.6 Å². The van der Waals surface area contributed by atoms with Gasteiger partial charge in [0.2, 0.25) is 11.8 Å². The molecule has 1 saturated heterocycles. The van der Waals surface area contributed by atoms with Crippen LogP contribution in [-0.2, 0) is 15.0 Å². The Kier molecular flexibility index (Phi) is 8.97. The van der Waals surface area contributed by atoms with Crippen molar-refractivity contribution in [3.8, 4) is 17.2 Å². The van der Waals surface area contributed by atoms with Crippen LogP contribution in [0.4, 0.5) is 5.69 Å². The second kappa shape index (κ2) is 13.9. The molecule has 12 heteroatoms. The van der Waals surface area contributed by atoms with Gasteiger partial charge in [-0.15, -0.1) is 0 Å². The standard InChI is InChI=1S/C41H39N5O7/c1-24(47)37-42-22-32(23-43-37)53-30-12-7-26(8-13-30)41(17-3-2-4-18-41)25-5-10-29(11-6-25)52-31-19-28(20-31)44-27-9-14-33-34(21-27)40(51)46(39(33)50)35-15-16-36(48)45-38(35)49/h5-14,21-23,28,31,35,44H,2-4,15-20H2,1H3,(H,45,48,49)/t28-,31-,35?. The van der Waals surface area contributed by atoms with Crippen molar-refractivity contribution >= 4 is 35.1 Å². The average molecular weight is 714 g/mol. The van der Waals surface area contributed by atoms with Crippen LogP contribution >= 0.6 is 0 Å². The summed E-state index contributed by atoms with van der Waals surface area (Å²) in [5, 5.41) is 5.68. The van der Waals surface area contributed by atoms with Crippen LogP contribution in [0.2, 0.25) is 0 Å². The van der Waals surface area contributed by atoms with Gasteiger partial charge in [-0.25, -0.2) is 9.97 Å². The highest BCUT2D eigenvalue weighted by Crippen LogP contribution is 2.46. The fraction of sp³-hybridized carbons (Fsp3) is 0.341. The van der Waals surface area contributed by atoms with E-state index in [1.807, 2.05) is 12.1 Å². The number of ketones is 1. The molecule has 0 radical (unpaired) electrons. The number of piperidine rings is 1. The number of anilines is 1. The predicted octanol–water partition coefficient (Wildman–Crippen LogP) is 6.14. The Balaban J connectivity index is 0.875. The summed E-state index contributed by atoms with van der Waals surface area (Å²) in [7, 11) is 0. The van der Waals surface area contributed by atoms with Crippen molar-refractivity contribution in [3.05, 3.63) is 107 Å².